The van der Waals surface area contributed by atoms with E-state index in [1.807, 2.05) is 19.0 Å². The molecule has 1 aromatic heterocycles. The number of unbranched alkanes of at least 4 members (excludes halogenated alkanes) is 2. The number of rotatable bonds is 6. The standard InChI is InChI=1S/C8H17N5O/c1-12(6-4-3-5-7-14)8-9-10-11-13(8)2/h14H,3-7H2,1-2H3. The first-order chi connectivity index (χ1) is 6.75. The molecule has 6 heteroatoms. The fourth-order valence-electron chi connectivity index (χ4n) is 1.29. The molecule has 80 valence electrons. The highest BCUT2D eigenvalue weighted by molar-refractivity contribution is 5.24. The molecule has 0 bridgehead atoms. The molecule has 1 N–H and O–H groups in total. The molecule has 0 amide bonds. The molecule has 0 aliphatic carbocycles. The third kappa shape index (κ3) is 2.95. The average Bonchev–Trinajstić information content (AvgIpc) is 2.59. The largest absolute Gasteiger partial charge is 0.396 e. The number of aliphatic hydroxyl groups is 1. The van der Waals surface area contributed by atoms with Gasteiger partial charge in [-0.3, -0.25) is 0 Å². The zero-order chi connectivity index (χ0) is 10.4. The topological polar surface area (TPSA) is 67.1 Å². The van der Waals surface area contributed by atoms with E-state index in [0.717, 1.165) is 31.8 Å². The zero-order valence-electron chi connectivity index (χ0n) is 8.72. The van der Waals surface area contributed by atoms with Crippen LogP contribution in [0.25, 0.3) is 0 Å². The molecular weight excluding hydrogens is 182 g/mol. The van der Waals surface area contributed by atoms with Crippen LogP contribution in [0, 0.1) is 0 Å². The molecule has 0 aliphatic heterocycles. The molecule has 0 radical (unpaired) electrons. The third-order valence-corrected chi connectivity index (χ3v) is 2.09. The Morgan fingerprint density at radius 3 is 2.71 bits per heavy atom. The van der Waals surface area contributed by atoms with Gasteiger partial charge in [0.05, 0.1) is 0 Å². The van der Waals surface area contributed by atoms with Crippen LogP contribution in [0.5, 0.6) is 0 Å². The van der Waals surface area contributed by atoms with Crippen molar-refractivity contribution < 1.29 is 5.11 Å². The molecule has 0 unspecified atom stereocenters. The highest BCUT2D eigenvalue weighted by Gasteiger charge is 2.06. The Bertz CT molecular complexity index is 262. The van der Waals surface area contributed by atoms with Crippen LogP contribution in [0.3, 0.4) is 0 Å². The highest BCUT2D eigenvalue weighted by atomic mass is 16.2. The Hall–Kier alpha value is -1.17. The normalized spacial score (nSPS) is 10.5. The highest BCUT2D eigenvalue weighted by Crippen LogP contribution is 2.05. The number of aliphatic hydroxyl groups excluding tert-OH is 1. The molecular formula is C8H17N5O. The summed E-state index contributed by atoms with van der Waals surface area (Å²) in [4.78, 5) is 2.01. The Morgan fingerprint density at radius 1 is 1.36 bits per heavy atom. The summed E-state index contributed by atoms with van der Waals surface area (Å²) in [6.45, 7) is 1.18. The molecule has 0 spiro atoms. The van der Waals surface area contributed by atoms with Crippen molar-refractivity contribution in [1.82, 2.24) is 20.2 Å². The molecule has 1 heterocycles. The SMILES string of the molecule is CN(CCCCCO)c1nnnn1C. The van der Waals surface area contributed by atoms with Crippen molar-refractivity contribution in [3.05, 3.63) is 0 Å². The Balaban J connectivity index is 2.28. The van der Waals surface area contributed by atoms with Crippen molar-refractivity contribution in [2.24, 2.45) is 7.05 Å². The molecule has 0 aromatic carbocycles. The van der Waals surface area contributed by atoms with Gasteiger partial charge >= 0.3 is 0 Å². The molecule has 0 fully saturated rings. The summed E-state index contributed by atoms with van der Waals surface area (Å²) in [5.41, 5.74) is 0. The second kappa shape index (κ2) is 5.54. The Kier molecular flexibility index (Phi) is 4.31. The maximum Gasteiger partial charge on any atom is 0.244 e. The maximum atomic E-state index is 8.61. The van der Waals surface area contributed by atoms with Gasteiger partial charge in [0.15, 0.2) is 0 Å². The van der Waals surface area contributed by atoms with Crippen LogP contribution in [0.15, 0.2) is 0 Å². The fraction of sp³-hybridized carbons (Fsp3) is 0.875. The minimum Gasteiger partial charge on any atom is -0.396 e. The lowest BCUT2D eigenvalue weighted by Gasteiger charge is -2.15. The van der Waals surface area contributed by atoms with Gasteiger partial charge in [-0.1, -0.05) is 5.10 Å². The molecule has 0 saturated carbocycles. The predicted octanol–water partition coefficient (Wildman–Crippen LogP) is -0.191. The summed E-state index contributed by atoms with van der Waals surface area (Å²) in [5.74, 6) is 0.772. The molecule has 1 aromatic rings. The van der Waals surface area contributed by atoms with Crippen molar-refractivity contribution in [2.45, 2.75) is 19.3 Å². The Labute approximate surface area is 83.5 Å². The van der Waals surface area contributed by atoms with Crippen LogP contribution < -0.4 is 4.90 Å². The van der Waals surface area contributed by atoms with E-state index >= 15 is 0 Å². The van der Waals surface area contributed by atoms with Crippen LogP contribution in [0.4, 0.5) is 5.95 Å². The molecule has 0 atom stereocenters. The second-order valence-corrected chi connectivity index (χ2v) is 3.31. The summed E-state index contributed by atoms with van der Waals surface area (Å²) in [5, 5.41) is 19.8. The number of aryl methyl sites for hydroxylation is 1. The van der Waals surface area contributed by atoms with E-state index in [4.69, 9.17) is 5.11 Å². The first-order valence-corrected chi connectivity index (χ1v) is 4.80. The summed E-state index contributed by atoms with van der Waals surface area (Å²) in [6.07, 6.45) is 2.95. The zero-order valence-corrected chi connectivity index (χ0v) is 8.72. The van der Waals surface area contributed by atoms with Crippen molar-refractivity contribution in [2.75, 3.05) is 25.1 Å². The van der Waals surface area contributed by atoms with Gasteiger partial charge in [-0.2, -0.15) is 0 Å². The quantitative estimate of drug-likeness (QED) is 0.643. The van der Waals surface area contributed by atoms with Gasteiger partial charge in [0.1, 0.15) is 0 Å². The van der Waals surface area contributed by atoms with E-state index < -0.39 is 0 Å². The lowest BCUT2D eigenvalue weighted by Crippen LogP contribution is -2.22. The van der Waals surface area contributed by atoms with Gasteiger partial charge in [0.2, 0.25) is 5.95 Å². The minimum absolute atomic E-state index is 0.273. The number of hydrogen-bond acceptors (Lipinski definition) is 5. The van der Waals surface area contributed by atoms with Gasteiger partial charge in [0, 0.05) is 27.2 Å². The van der Waals surface area contributed by atoms with E-state index in [1.165, 1.54) is 0 Å². The molecule has 1 rings (SSSR count). The molecule has 0 saturated heterocycles. The van der Waals surface area contributed by atoms with E-state index in [0.29, 0.717) is 0 Å². The van der Waals surface area contributed by atoms with Crippen molar-refractivity contribution in [3.63, 3.8) is 0 Å². The van der Waals surface area contributed by atoms with E-state index in [-0.39, 0.29) is 6.61 Å². The van der Waals surface area contributed by atoms with Crippen LogP contribution >= 0.6 is 0 Å². The summed E-state index contributed by atoms with van der Waals surface area (Å²) < 4.78 is 1.64. The monoisotopic (exact) mass is 199 g/mol. The second-order valence-electron chi connectivity index (χ2n) is 3.31. The Morgan fingerprint density at radius 2 is 2.14 bits per heavy atom. The minimum atomic E-state index is 0.273. The number of tetrazole rings is 1. The molecule has 0 aliphatic rings. The van der Waals surface area contributed by atoms with Crippen LogP contribution in [0.1, 0.15) is 19.3 Å². The van der Waals surface area contributed by atoms with E-state index in [1.54, 1.807) is 4.68 Å². The summed E-state index contributed by atoms with van der Waals surface area (Å²) in [6, 6.07) is 0. The van der Waals surface area contributed by atoms with Gasteiger partial charge in [0.25, 0.3) is 0 Å². The smallest absolute Gasteiger partial charge is 0.244 e. The van der Waals surface area contributed by atoms with Crippen molar-refractivity contribution >= 4 is 5.95 Å². The van der Waals surface area contributed by atoms with Crippen molar-refractivity contribution in [1.29, 1.82) is 0 Å². The first-order valence-electron chi connectivity index (χ1n) is 4.80. The van der Waals surface area contributed by atoms with Gasteiger partial charge in [-0.05, 0) is 29.7 Å². The fourth-order valence-corrected chi connectivity index (χ4v) is 1.29. The van der Waals surface area contributed by atoms with Gasteiger partial charge < -0.3 is 10.0 Å². The van der Waals surface area contributed by atoms with E-state index in [2.05, 4.69) is 15.5 Å². The predicted molar refractivity (Wildman–Crippen MR) is 53.0 cm³/mol. The van der Waals surface area contributed by atoms with Crippen LogP contribution in [0.2, 0.25) is 0 Å². The summed E-state index contributed by atoms with van der Waals surface area (Å²) in [7, 11) is 3.78. The number of anilines is 1. The lowest BCUT2D eigenvalue weighted by atomic mass is 10.2. The summed E-state index contributed by atoms with van der Waals surface area (Å²) >= 11 is 0. The molecule has 14 heavy (non-hydrogen) atoms. The average molecular weight is 199 g/mol. The van der Waals surface area contributed by atoms with Gasteiger partial charge in [-0.25, -0.2) is 4.68 Å². The van der Waals surface area contributed by atoms with Crippen molar-refractivity contribution in [3.8, 4) is 0 Å². The first kappa shape index (κ1) is 10.9. The lowest BCUT2D eigenvalue weighted by molar-refractivity contribution is 0.283. The van der Waals surface area contributed by atoms with Gasteiger partial charge in [-0.15, -0.1) is 0 Å². The maximum absolute atomic E-state index is 8.61. The number of nitrogens with zero attached hydrogens (tertiary/aromatic N) is 5. The third-order valence-electron chi connectivity index (χ3n) is 2.09. The number of aromatic nitrogens is 4. The van der Waals surface area contributed by atoms with Crippen LogP contribution in [-0.2, 0) is 7.05 Å². The van der Waals surface area contributed by atoms with Crippen LogP contribution in [-0.4, -0.2) is 45.5 Å². The number of hydrogen-bond donors (Lipinski definition) is 1. The molecule has 6 nitrogen and oxygen atoms in total. The van der Waals surface area contributed by atoms with E-state index in [9.17, 15) is 0 Å².